The molecule has 120 valence electrons. The van der Waals surface area contributed by atoms with E-state index in [4.69, 9.17) is 4.74 Å². The van der Waals surface area contributed by atoms with E-state index in [0.29, 0.717) is 16.8 Å². The molecule has 0 aliphatic heterocycles. The van der Waals surface area contributed by atoms with Gasteiger partial charge >= 0.3 is 5.97 Å². The Labute approximate surface area is 136 Å². The molecule has 0 heterocycles. The van der Waals surface area contributed by atoms with Crippen LogP contribution in [-0.2, 0) is 4.74 Å². The molecule has 0 aromatic heterocycles. The van der Waals surface area contributed by atoms with Crippen molar-refractivity contribution in [3.8, 4) is 0 Å². The van der Waals surface area contributed by atoms with Crippen molar-refractivity contribution < 1.29 is 14.3 Å². The maximum absolute atomic E-state index is 12.3. The number of esters is 1. The number of hydrogen-bond acceptors (Lipinski definition) is 3. The molecule has 0 aliphatic carbocycles. The van der Waals surface area contributed by atoms with Crippen LogP contribution in [0.4, 0.5) is 5.69 Å². The summed E-state index contributed by atoms with van der Waals surface area (Å²) in [5.74, 6) is -0.531. The maximum atomic E-state index is 12.3. The van der Waals surface area contributed by atoms with Crippen molar-refractivity contribution in [2.24, 2.45) is 0 Å². The summed E-state index contributed by atoms with van der Waals surface area (Å²) in [5.41, 5.74) is 3.78. The standard InChI is InChI=1S/C19H21NO3/c1-12(2)23-19(22)15-8-10-16(11-9-15)20-18(21)17-7-5-6-13(3)14(17)4/h5-12H,1-4H3,(H,20,21). The Morgan fingerprint density at radius 1 is 1.00 bits per heavy atom. The highest BCUT2D eigenvalue weighted by atomic mass is 16.5. The fraction of sp³-hybridized carbons (Fsp3) is 0.263. The molecule has 1 N–H and O–H groups in total. The SMILES string of the molecule is Cc1cccc(C(=O)Nc2ccc(C(=O)OC(C)C)cc2)c1C. The van der Waals surface area contributed by atoms with Gasteiger partial charge in [-0.1, -0.05) is 12.1 Å². The van der Waals surface area contributed by atoms with E-state index >= 15 is 0 Å². The Hall–Kier alpha value is -2.62. The van der Waals surface area contributed by atoms with Crippen molar-refractivity contribution in [1.29, 1.82) is 0 Å². The van der Waals surface area contributed by atoms with Crippen LogP contribution in [0.3, 0.4) is 0 Å². The third kappa shape index (κ3) is 4.19. The summed E-state index contributed by atoms with van der Waals surface area (Å²) in [6.07, 6.45) is -0.161. The number of carbonyl (C=O) groups excluding carboxylic acids is 2. The lowest BCUT2D eigenvalue weighted by Gasteiger charge is -2.11. The van der Waals surface area contributed by atoms with Crippen molar-refractivity contribution in [3.63, 3.8) is 0 Å². The molecule has 23 heavy (non-hydrogen) atoms. The van der Waals surface area contributed by atoms with Gasteiger partial charge in [0.15, 0.2) is 0 Å². The number of carbonyl (C=O) groups is 2. The zero-order valence-electron chi connectivity index (χ0n) is 13.8. The first-order chi connectivity index (χ1) is 10.9. The normalized spacial score (nSPS) is 10.5. The minimum Gasteiger partial charge on any atom is -0.459 e. The summed E-state index contributed by atoms with van der Waals surface area (Å²) in [6, 6.07) is 12.3. The number of hydrogen-bond donors (Lipinski definition) is 1. The van der Waals surface area contributed by atoms with Crippen molar-refractivity contribution >= 4 is 17.6 Å². The van der Waals surface area contributed by atoms with Crippen LogP contribution in [0.15, 0.2) is 42.5 Å². The summed E-state index contributed by atoms with van der Waals surface area (Å²) in [7, 11) is 0. The van der Waals surface area contributed by atoms with E-state index in [9.17, 15) is 9.59 Å². The zero-order valence-corrected chi connectivity index (χ0v) is 13.8. The van der Waals surface area contributed by atoms with Gasteiger partial charge in [-0.3, -0.25) is 4.79 Å². The molecular formula is C19H21NO3. The number of aryl methyl sites for hydroxylation is 1. The van der Waals surface area contributed by atoms with E-state index in [1.807, 2.05) is 26.0 Å². The minimum atomic E-state index is -0.368. The summed E-state index contributed by atoms with van der Waals surface area (Å²) in [6.45, 7) is 7.50. The molecule has 1 amide bonds. The van der Waals surface area contributed by atoms with Gasteiger partial charge < -0.3 is 10.1 Å². The number of ether oxygens (including phenoxy) is 1. The molecule has 0 unspecified atom stereocenters. The van der Waals surface area contributed by atoms with Gasteiger partial charge in [0.05, 0.1) is 11.7 Å². The summed E-state index contributed by atoms with van der Waals surface area (Å²) in [4.78, 5) is 24.1. The third-order valence-corrected chi connectivity index (χ3v) is 3.57. The van der Waals surface area contributed by atoms with Crippen LogP contribution in [0, 0.1) is 13.8 Å². The Balaban J connectivity index is 2.10. The number of rotatable bonds is 4. The average Bonchev–Trinajstić information content (AvgIpc) is 2.50. The van der Waals surface area contributed by atoms with Crippen molar-refractivity contribution in [2.75, 3.05) is 5.32 Å². The second-order valence-electron chi connectivity index (χ2n) is 5.73. The Morgan fingerprint density at radius 2 is 1.65 bits per heavy atom. The lowest BCUT2D eigenvalue weighted by molar-refractivity contribution is 0.0378. The number of amides is 1. The van der Waals surface area contributed by atoms with Gasteiger partial charge in [-0.05, 0) is 69.2 Å². The quantitative estimate of drug-likeness (QED) is 0.864. The van der Waals surface area contributed by atoms with E-state index < -0.39 is 0 Å². The van der Waals surface area contributed by atoms with E-state index in [0.717, 1.165) is 11.1 Å². The van der Waals surface area contributed by atoms with Gasteiger partial charge in [-0.2, -0.15) is 0 Å². The number of benzene rings is 2. The molecule has 0 atom stereocenters. The van der Waals surface area contributed by atoms with Gasteiger partial charge in [-0.25, -0.2) is 4.79 Å². The highest BCUT2D eigenvalue weighted by Gasteiger charge is 2.12. The Bertz CT molecular complexity index is 718. The molecule has 0 aliphatic rings. The first kappa shape index (κ1) is 16.7. The molecule has 0 radical (unpaired) electrons. The first-order valence-corrected chi connectivity index (χ1v) is 7.57. The highest BCUT2D eigenvalue weighted by molar-refractivity contribution is 6.05. The van der Waals surface area contributed by atoms with E-state index in [-0.39, 0.29) is 18.0 Å². The Kier molecular flexibility index (Phi) is 5.16. The molecule has 0 fully saturated rings. The van der Waals surface area contributed by atoms with Crippen LogP contribution in [0.25, 0.3) is 0 Å². The minimum absolute atomic E-state index is 0.161. The fourth-order valence-corrected chi connectivity index (χ4v) is 2.17. The smallest absolute Gasteiger partial charge is 0.338 e. The van der Waals surface area contributed by atoms with Gasteiger partial charge in [-0.15, -0.1) is 0 Å². The topological polar surface area (TPSA) is 55.4 Å². The number of nitrogens with one attached hydrogen (secondary N) is 1. The fourth-order valence-electron chi connectivity index (χ4n) is 2.17. The highest BCUT2D eigenvalue weighted by Crippen LogP contribution is 2.16. The van der Waals surface area contributed by atoms with Crippen LogP contribution in [-0.4, -0.2) is 18.0 Å². The molecule has 4 heteroatoms. The monoisotopic (exact) mass is 311 g/mol. The van der Waals surface area contributed by atoms with Crippen LogP contribution >= 0.6 is 0 Å². The van der Waals surface area contributed by atoms with Crippen LogP contribution in [0.5, 0.6) is 0 Å². The summed E-state index contributed by atoms with van der Waals surface area (Å²) < 4.78 is 5.13. The molecule has 2 aromatic carbocycles. The van der Waals surface area contributed by atoms with Gasteiger partial charge in [0.25, 0.3) is 5.91 Å². The van der Waals surface area contributed by atoms with E-state index in [1.165, 1.54) is 0 Å². The van der Waals surface area contributed by atoms with Crippen LogP contribution < -0.4 is 5.32 Å². The molecule has 2 rings (SSSR count). The van der Waals surface area contributed by atoms with Crippen molar-refractivity contribution in [3.05, 3.63) is 64.7 Å². The number of anilines is 1. The van der Waals surface area contributed by atoms with E-state index in [1.54, 1.807) is 44.2 Å². The molecule has 0 bridgehead atoms. The molecule has 4 nitrogen and oxygen atoms in total. The largest absolute Gasteiger partial charge is 0.459 e. The van der Waals surface area contributed by atoms with Crippen LogP contribution in [0.1, 0.15) is 45.7 Å². The second-order valence-corrected chi connectivity index (χ2v) is 5.73. The van der Waals surface area contributed by atoms with Gasteiger partial charge in [0.2, 0.25) is 0 Å². The lowest BCUT2D eigenvalue weighted by atomic mass is 10.0. The van der Waals surface area contributed by atoms with Crippen LogP contribution in [0.2, 0.25) is 0 Å². The second kappa shape index (κ2) is 7.09. The molecular weight excluding hydrogens is 290 g/mol. The average molecular weight is 311 g/mol. The zero-order chi connectivity index (χ0) is 17.0. The predicted molar refractivity (Wildman–Crippen MR) is 90.9 cm³/mol. The molecule has 0 spiro atoms. The summed E-state index contributed by atoms with van der Waals surface area (Å²) >= 11 is 0. The van der Waals surface area contributed by atoms with Gasteiger partial charge in [0.1, 0.15) is 0 Å². The van der Waals surface area contributed by atoms with Gasteiger partial charge in [0, 0.05) is 11.3 Å². The molecule has 2 aromatic rings. The first-order valence-electron chi connectivity index (χ1n) is 7.57. The molecule has 0 saturated carbocycles. The Morgan fingerprint density at radius 3 is 2.26 bits per heavy atom. The third-order valence-electron chi connectivity index (χ3n) is 3.57. The molecule has 0 saturated heterocycles. The van der Waals surface area contributed by atoms with Crippen molar-refractivity contribution in [2.45, 2.75) is 33.8 Å². The summed E-state index contributed by atoms with van der Waals surface area (Å²) in [5, 5.41) is 2.84. The predicted octanol–water partition coefficient (Wildman–Crippen LogP) is 4.12. The lowest BCUT2D eigenvalue weighted by Crippen LogP contribution is -2.14. The van der Waals surface area contributed by atoms with Crippen molar-refractivity contribution in [1.82, 2.24) is 0 Å². The van der Waals surface area contributed by atoms with E-state index in [2.05, 4.69) is 5.32 Å². The maximum Gasteiger partial charge on any atom is 0.338 e.